The molecule has 0 radical (unpaired) electrons. The number of hydrogen-bond donors (Lipinski definition) is 1. The predicted octanol–water partition coefficient (Wildman–Crippen LogP) is 4.76. The van der Waals surface area contributed by atoms with Crippen LogP contribution in [-0.4, -0.2) is 38.4 Å². The van der Waals surface area contributed by atoms with Crippen LogP contribution in [0.4, 0.5) is 0 Å². The van der Waals surface area contributed by atoms with E-state index in [1.54, 1.807) is 13.2 Å². The second-order valence-electron chi connectivity index (χ2n) is 7.26. The summed E-state index contributed by atoms with van der Waals surface area (Å²) < 4.78 is 15.9. The van der Waals surface area contributed by atoms with Gasteiger partial charge < -0.3 is 19.5 Å². The first kappa shape index (κ1) is 25.4. The fourth-order valence-corrected chi connectivity index (χ4v) is 2.55. The van der Waals surface area contributed by atoms with Gasteiger partial charge in [-0.1, -0.05) is 60.7 Å². The molecule has 1 aromatic carbocycles. The highest BCUT2D eigenvalue weighted by atomic mass is 16.5. The number of methoxy groups -OCH3 is 1. The molecule has 5 nitrogen and oxygen atoms in total. The third-order valence-electron chi connectivity index (χ3n) is 4.36. The molecule has 164 valence electrons. The summed E-state index contributed by atoms with van der Waals surface area (Å²) in [6.07, 6.45) is 8.20. The molecule has 2 atom stereocenters. The first-order valence-electron chi connectivity index (χ1n) is 10.1. The molecule has 1 fully saturated rings. The maximum atomic E-state index is 11.7. The summed E-state index contributed by atoms with van der Waals surface area (Å²) in [4.78, 5) is 11.7. The Kier molecular flexibility index (Phi) is 12.2. The van der Waals surface area contributed by atoms with Crippen molar-refractivity contribution in [2.75, 3.05) is 20.3 Å². The Labute approximate surface area is 181 Å². The number of benzene rings is 1. The van der Waals surface area contributed by atoms with E-state index in [1.807, 2.05) is 37.3 Å². The molecule has 0 spiro atoms. The van der Waals surface area contributed by atoms with Crippen LogP contribution in [0.3, 0.4) is 0 Å². The Morgan fingerprint density at radius 3 is 2.43 bits per heavy atom. The van der Waals surface area contributed by atoms with Crippen LogP contribution in [0.15, 0.2) is 72.9 Å². The summed E-state index contributed by atoms with van der Waals surface area (Å²) in [7, 11) is 1.64. The summed E-state index contributed by atoms with van der Waals surface area (Å²) in [6, 6.07) is 7.46. The molecule has 0 saturated carbocycles. The second-order valence-corrected chi connectivity index (χ2v) is 7.26. The number of nitrogens with one attached hydrogen (secondary N) is 1. The number of ether oxygens (including phenoxy) is 3. The zero-order valence-corrected chi connectivity index (χ0v) is 18.6. The van der Waals surface area contributed by atoms with E-state index >= 15 is 0 Å². The van der Waals surface area contributed by atoms with Crippen LogP contribution in [0.5, 0.6) is 5.75 Å². The van der Waals surface area contributed by atoms with Crippen molar-refractivity contribution in [1.29, 1.82) is 0 Å². The van der Waals surface area contributed by atoms with E-state index in [-0.39, 0.29) is 24.7 Å². The lowest BCUT2D eigenvalue weighted by Crippen LogP contribution is -2.32. The van der Waals surface area contributed by atoms with E-state index in [2.05, 4.69) is 44.5 Å². The van der Waals surface area contributed by atoms with Crippen LogP contribution in [0.25, 0.3) is 0 Å². The van der Waals surface area contributed by atoms with Crippen molar-refractivity contribution < 1.29 is 19.0 Å². The monoisotopic (exact) mass is 413 g/mol. The number of rotatable bonds is 9. The van der Waals surface area contributed by atoms with Gasteiger partial charge in [-0.2, -0.15) is 0 Å². The highest BCUT2D eigenvalue weighted by molar-refractivity contribution is 5.76. The molecular formula is C25H35NO4. The summed E-state index contributed by atoms with van der Waals surface area (Å²) in [5.41, 5.74) is 3.60. The van der Waals surface area contributed by atoms with E-state index in [0.717, 1.165) is 11.3 Å². The fraction of sp³-hybridized carbons (Fsp3) is 0.400. The molecule has 1 aromatic rings. The van der Waals surface area contributed by atoms with Crippen LogP contribution in [0.1, 0.15) is 32.8 Å². The van der Waals surface area contributed by atoms with Crippen LogP contribution < -0.4 is 10.1 Å². The first-order chi connectivity index (χ1) is 14.4. The molecule has 0 amide bonds. The van der Waals surface area contributed by atoms with Gasteiger partial charge in [0.1, 0.15) is 18.4 Å². The van der Waals surface area contributed by atoms with Gasteiger partial charge in [-0.3, -0.25) is 4.79 Å². The maximum absolute atomic E-state index is 11.7. The average Bonchev–Trinajstić information content (AvgIpc) is 3.24. The van der Waals surface area contributed by atoms with Gasteiger partial charge in [-0.25, -0.2) is 0 Å². The van der Waals surface area contributed by atoms with E-state index in [4.69, 9.17) is 14.2 Å². The molecule has 0 aliphatic carbocycles. The molecule has 0 aromatic heterocycles. The molecule has 1 aliphatic heterocycles. The van der Waals surface area contributed by atoms with Crippen molar-refractivity contribution in [3.63, 3.8) is 0 Å². The summed E-state index contributed by atoms with van der Waals surface area (Å²) in [5, 5.41) is 3.12. The summed E-state index contributed by atoms with van der Waals surface area (Å²) in [6.45, 7) is 14.8. The zero-order valence-electron chi connectivity index (χ0n) is 18.6. The van der Waals surface area contributed by atoms with Gasteiger partial charge in [0.05, 0.1) is 19.8 Å². The molecule has 2 rings (SSSR count). The SMILES string of the molecule is C=C/C(C)=C\C=C(C)C.C=CCOC(=O)C1C[C@@H](OCc2ccc(OC)cc2)CN1. The third-order valence-corrected chi connectivity index (χ3v) is 4.36. The lowest BCUT2D eigenvalue weighted by molar-refractivity contribution is -0.144. The van der Waals surface area contributed by atoms with Gasteiger partial charge in [-0.05, 0) is 38.5 Å². The lowest BCUT2D eigenvalue weighted by Gasteiger charge is -2.11. The van der Waals surface area contributed by atoms with E-state index in [9.17, 15) is 4.79 Å². The smallest absolute Gasteiger partial charge is 0.323 e. The first-order valence-corrected chi connectivity index (χ1v) is 10.1. The van der Waals surface area contributed by atoms with Gasteiger partial charge in [-0.15, -0.1) is 0 Å². The standard InChI is InChI=1S/C16H21NO4.C9H14/c1-3-8-20-16(18)15-9-14(10-17-15)21-11-12-4-6-13(19-2)7-5-12;1-5-9(4)7-6-8(2)3/h3-7,14-15,17H,1,8-11H2,2H3;5-7H,1H2,2-4H3/b;9-7-/t14-,15?;/m1./s1. The molecule has 5 heteroatoms. The van der Waals surface area contributed by atoms with Crippen LogP contribution in [0.2, 0.25) is 0 Å². The number of esters is 1. The topological polar surface area (TPSA) is 56.8 Å². The van der Waals surface area contributed by atoms with Gasteiger partial charge in [0.15, 0.2) is 0 Å². The van der Waals surface area contributed by atoms with E-state index in [0.29, 0.717) is 19.6 Å². The number of allylic oxidation sites excluding steroid dienone is 5. The summed E-state index contributed by atoms with van der Waals surface area (Å²) in [5.74, 6) is 0.580. The minimum Gasteiger partial charge on any atom is -0.497 e. The molecule has 0 bridgehead atoms. The normalized spacial score (nSPS) is 17.9. The molecule has 30 heavy (non-hydrogen) atoms. The summed E-state index contributed by atoms with van der Waals surface area (Å²) >= 11 is 0. The maximum Gasteiger partial charge on any atom is 0.323 e. The Bertz CT molecular complexity index is 730. The van der Waals surface area contributed by atoms with Crippen molar-refractivity contribution >= 4 is 5.97 Å². The molecule has 1 unspecified atom stereocenters. The van der Waals surface area contributed by atoms with Crippen LogP contribution in [-0.2, 0) is 20.9 Å². The van der Waals surface area contributed by atoms with E-state index in [1.165, 1.54) is 11.1 Å². The van der Waals surface area contributed by atoms with Gasteiger partial charge >= 0.3 is 5.97 Å². The van der Waals surface area contributed by atoms with Gasteiger partial charge in [0.2, 0.25) is 0 Å². The highest BCUT2D eigenvalue weighted by Crippen LogP contribution is 2.16. The van der Waals surface area contributed by atoms with Crippen molar-refractivity contribution in [3.8, 4) is 5.75 Å². The van der Waals surface area contributed by atoms with Crippen LogP contribution >= 0.6 is 0 Å². The average molecular weight is 414 g/mol. The van der Waals surface area contributed by atoms with Crippen molar-refractivity contribution in [1.82, 2.24) is 5.32 Å². The number of carbonyl (C=O) groups is 1. The van der Waals surface area contributed by atoms with E-state index < -0.39 is 0 Å². The Balaban J connectivity index is 0.000000424. The Hall–Kier alpha value is -2.63. The second kappa shape index (κ2) is 14.4. The molecular weight excluding hydrogens is 378 g/mol. The minimum atomic E-state index is -0.286. The lowest BCUT2D eigenvalue weighted by atomic mass is 10.2. The van der Waals surface area contributed by atoms with Crippen molar-refractivity contribution in [2.24, 2.45) is 0 Å². The molecule has 1 saturated heterocycles. The molecule has 1 heterocycles. The zero-order chi connectivity index (χ0) is 22.4. The Morgan fingerprint density at radius 2 is 1.87 bits per heavy atom. The van der Waals surface area contributed by atoms with Crippen LogP contribution in [0, 0.1) is 0 Å². The molecule has 1 aliphatic rings. The minimum absolute atomic E-state index is 0.0217. The van der Waals surface area contributed by atoms with Gasteiger partial charge in [0, 0.05) is 13.0 Å². The number of carbonyl (C=O) groups excluding carboxylic acids is 1. The predicted molar refractivity (Wildman–Crippen MR) is 123 cm³/mol. The van der Waals surface area contributed by atoms with Gasteiger partial charge in [0.25, 0.3) is 0 Å². The fourth-order valence-electron chi connectivity index (χ4n) is 2.55. The quantitative estimate of drug-likeness (QED) is 0.359. The largest absolute Gasteiger partial charge is 0.497 e. The number of hydrogen-bond acceptors (Lipinski definition) is 5. The third kappa shape index (κ3) is 10.2. The van der Waals surface area contributed by atoms with Crippen molar-refractivity contribution in [3.05, 3.63) is 78.4 Å². The van der Waals surface area contributed by atoms with Crippen molar-refractivity contribution in [2.45, 2.75) is 45.9 Å². The Morgan fingerprint density at radius 1 is 1.17 bits per heavy atom. The molecule has 1 N–H and O–H groups in total. The highest BCUT2D eigenvalue weighted by Gasteiger charge is 2.30.